The molecule has 2 fully saturated rings. The van der Waals surface area contributed by atoms with Crippen LogP contribution < -0.4 is 5.32 Å². The van der Waals surface area contributed by atoms with E-state index in [1.807, 2.05) is 0 Å². The highest BCUT2D eigenvalue weighted by Gasteiger charge is 2.30. The summed E-state index contributed by atoms with van der Waals surface area (Å²) in [6, 6.07) is 0.548. The number of halogens is 2. The van der Waals surface area contributed by atoms with E-state index in [1.165, 1.54) is 6.42 Å². The predicted octanol–water partition coefficient (Wildman–Crippen LogP) is 0.992. The Hall–Kier alpha value is -0.0300. The van der Waals surface area contributed by atoms with Gasteiger partial charge in [-0.2, -0.15) is 0 Å². The summed E-state index contributed by atoms with van der Waals surface area (Å²) >= 11 is 0. The van der Waals surface area contributed by atoms with Crippen molar-refractivity contribution >= 4 is 30.7 Å². The molecule has 1 amide bonds. The van der Waals surface area contributed by atoms with Crippen LogP contribution in [0, 0.1) is 5.92 Å². The van der Waals surface area contributed by atoms with Crippen molar-refractivity contribution in [3.8, 4) is 0 Å². The van der Waals surface area contributed by atoms with E-state index in [2.05, 4.69) is 29.2 Å². The number of carbonyl (C=O) groups is 1. The van der Waals surface area contributed by atoms with Crippen LogP contribution in [0.3, 0.4) is 0 Å². The molecule has 2 saturated heterocycles. The maximum absolute atomic E-state index is 12.2. The molecule has 2 atom stereocenters. The lowest BCUT2D eigenvalue weighted by Gasteiger charge is -2.37. The van der Waals surface area contributed by atoms with Crippen LogP contribution in [0.4, 0.5) is 0 Å². The van der Waals surface area contributed by atoms with E-state index in [-0.39, 0.29) is 30.7 Å². The third-order valence-electron chi connectivity index (χ3n) is 3.85. The molecular weight excluding hydrogens is 273 g/mol. The Bertz CT molecular complexity index is 258. The molecule has 0 radical (unpaired) electrons. The van der Waals surface area contributed by atoms with E-state index in [0.29, 0.717) is 11.9 Å². The fourth-order valence-corrected chi connectivity index (χ4v) is 2.70. The Labute approximate surface area is 122 Å². The van der Waals surface area contributed by atoms with Gasteiger partial charge in [-0.1, -0.05) is 0 Å². The number of likely N-dealkylation sites (N-methyl/N-ethyl adjacent to an activating group) is 1. The maximum Gasteiger partial charge on any atom is 0.227 e. The molecule has 2 unspecified atom stereocenters. The Morgan fingerprint density at radius 3 is 2.56 bits per heavy atom. The molecule has 18 heavy (non-hydrogen) atoms. The largest absolute Gasteiger partial charge is 0.341 e. The Morgan fingerprint density at radius 2 is 2.00 bits per heavy atom. The Balaban J connectivity index is 0.00000144. The number of piperidine rings is 1. The van der Waals surface area contributed by atoms with Crippen LogP contribution in [0.1, 0.15) is 19.3 Å². The number of likely N-dealkylation sites (tertiary alicyclic amines) is 1. The zero-order chi connectivity index (χ0) is 11.5. The molecule has 0 spiro atoms. The normalized spacial score (nSPS) is 27.6. The second-order valence-electron chi connectivity index (χ2n) is 5.23. The van der Waals surface area contributed by atoms with Crippen molar-refractivity contribution in [2.45, 2.75) is 25.3 Å². The summed E-state index contributed by atoms with van der Waals surface area (Å²) in [6.07, 6.45) is 3.39. The van der Waals surface area contributed by atoms with Crippen LogP contribution in [0.25, 0.3) is 0 Å². The molecule has 0 saturated carbocycles. The highest BCUT2D eigenvalue weighted by molar-refractivity contribution is 5.85. The van der Waals surface area contributed by atoms with E-state index in [0.717, 1.165) is 39.0 Å². The summed E-state index contributed by atoms with van der Waals surface area (Å²) in [5.41, 5.74) is 0. The fourth-order valence-electron chi connectivity index (χ4n) is 2.70. The van der Waals surface area contributed by atoms with Gasteiger partial charge >= 0.3 is 0 Å². The Kier molecular flexibility index (Phi) is 8.19. The number of rotatable bonds is 2. The molecule has 108 valence electrons. The molecule has 0 aromatic rings. The molecule has 0 aliphatic carbocycles. The van der Waals surface area contributed by atoms with Crippen LogP contribution in [0.2, 0.25) is 0 Å². The molecule has 0 bridgehead atoms. The summed E-state index contributed by atoms with van der Waals surface area (Å²) in [5.74, 6) is 0.609. The third-order valence-corrected chi connectivity index (χ3v) is 3.85. The van der Waals surface area contributed by atoms with Crippen LogP contribution in [-0.4, -0.2) is 62.0 Å². The molecule has 2 rings (SSSR count). The number of amides is 1. The molecule has 0 aromatic carbocycles. The van der Waals surface area contributed by atoms with Gasteiger partial charge in [0.1, 0.15) is 0 Å². The van der Waals surface area contributed by atoms with Gasteiger partial charge in [-0.15, -0.1) is 24.8 Å². The average molecular weight is 298 g/mol. The molecule has 1 N–H and O–H groups in total. The third kappa shape index (κ3) is 4.26. The molecule has 6 heteroatoms. The minimum atomic E-state index is 0. The van der Waals surface area contributed by atoms with Crippen LogP contribution in [0.15, 0.2) is 0 Å². The van der Waals surface area contributed by atoms with Crippen molar-refractivity contribution in [3.05, 3.63) is 0 Å². The SMILES string of the molecule is CN(C)C1CCCN(C(=O)C2CCNC2)C1.Cl.Cl. The summed E-state index contributed by atoms with van der Waals surface area (Å²) in [4.78, 5) is 16.6. The van der Waals surface area contributed by atoms with Gasteiger partial charge in [0, 0.05) is 25.7 Å². The minimum Gasteiger partial charge on any atom is -0.341 e. The van der Waals surface area contributed by atoms with Gasteiger partial charge in [0.2, 0.25) is 5.91 Å². The van der Waals surface area contributed by atoms with E-state index < -0.39 is 0 Å². The predicted molar refractivity (Wildman–Crippen MR) is 78.8 cm³/mol. The van der Waals surface area contributed by atoms with Crippen LogP contribution in [-0.2, 0) is 4.79 Å². The number of nitrogens with zero attached hydrogens (tertiary/aromatic N) is 2. The van der Waals surface area contributed by atoms with E-state index in [9.17, 15) is 4.79 Å². The van der Waals surface area contributed by atoms with Crippen molar-refractivity contribution < 1.29 is 4.79 Å². The van der Waals surface area contributed by atoms with Crippen LogP contribution in [0.5, 0.6) is 0 Å². The standard InChI is InChI=1S/C12H23N3O.2ClH/c1-14(2)11-4-3-7-15(9-11)12(16)10-5-6-13-8-10;;/h10-11,13H,3-9H2,1-2H3;2*1H. The smallest absolute Gasteiger partial charge is 0.227 e. The average Bonchev–Trinajstić information content (AvgIpc) is 2.81. The summed E-state index contributed by atoms with van der Waals surface area (Å²) in [6.45, 7) is 3.76. The molecule has 2 aliphatic heterocycles. The minimum absolute atomic E-state index is 0. The topological polar surface area (TPSA) is 35.6 Å². The Morgan fingerprint density at radius 1 is 1.28 bits per heavy atom. The van der Waals surface area contributed by atoms with Gasteiger partial charge < -0.3 is 15.1 Å². The molecule has 0 aromatic heterocycles. The lowest BCUT2D eigenvalue weighted by Crippen LogP contribution is -2.49. The fraction of sp³-hybridized carbons (Fsp3) is 0.917. The highest BCUT2D eigenvalue weighted by atomic mass is 35.5. The lowest BCUT2D eigenvalue weighted by molar-refractivity contribution is -0.136. The number of nitrogens with one attached hydrogen (secondary N) is 1. The molecule has 2 aliphatic rings. The monoisotopic (exact) mass is 297 g/mol. The first-order valence-electron chi connectivity index (χ1n) is 6.34. The zero-order valence-electron chi connectivity index (χ0n) is 11.2. The summed E-state index contributed by atoms with van der Waals surface area (Å²) < 4.78 is 0. The first-order valence-corrected chi connectivity index (χ1v) is 6.34. The van der Waals surface area contributed by atoms with Crippen molar-refractivity contribution in [3.63, 3.8) is 0 Å². The van der Waals surface area contributed by atoms with Crippen molar-refractivity contribution in [2.75, 3.05) is 40.3 Å². The van der Waals surface area contributed by atoms with Gasteiger partial charge in [0.05, 0.1) is 5.92 Å². The van der Waals surface area contributed by atoms with E-state index in [4.69, 9.17) is 0 Å². The van der Waals surface area contributed by atoms with Gasteiger partial charge in [-0.25, -0.2) is 0 Å². The van der Waals surface area contributed by atoms with Gasteiger partial charge in [-0.3, -0.25) is 4.79 Å². The quantitative estimate of drug-likeness (QED) is 0.826. The first kappa shape index (κ1) is 18.0. The first-order chi connectivity index (χ1) is 7.68. The molecule has 4 nitrogen and oxygen atoms in total. The van der Waals surface area contributed by atoms with Gasteiger partial charge in [0.15, 0.2) is 0 Å². The molecule has 2 heterocycles. The zero-order valence-corrected chi connectivity index (χ0v) is 12.9. The second kappa shape index (κ2) is 8.20. The lowest BCUT2D eigenvalue weighted by atomic mass is 10.0. The van der Waals surface area contributed by atoms with E-state index in [1.54, 1.807) is 0 Å². The maximum atomic E-state index is 12.2. The van der Waals surface area contributed by atoms with Crippen molar-refractivity contribution in [2.24, 2.45) is 5.92 Å². The van der Waals surface area contributed by atoms with Crippen molar-refractivity contribution in [1.82, 2.24) is 15.1 Å². The second-order valence-corrected chi connectivity index (χ2v) is 5.23. The van der Waals surface area contributed by atoms with Gasteiger partial charge in [0.25, 0.3) is 0 Å². The molecular formula is C12H25Cl2N3O. The van der Waals surface area contributed by atoms with Gasteiger partial charge in [-0.05, 0) is 39.9 Å². The number of hydrogen-bond acceptors (Lipinski definition) is 3. The van der Waals surface area contributed by atoms with Crippen molar-refractivity contribution in [1.29, 1.82) is 0 Å². The summed E-state index contributed by atoms with van der Waals surface area (Å²) in [5, 5.41) is 3.27. The van der Waals surface area contributed by atoms with Crippen LogP contribution >= 0.6 is 24.8 Å². The van der Waals surface area contributed by atoms with E-state index >= 15 is 0 Å². The summed E-state index contributed by atoms with van der Waals surface area (Å²) in [7, 11) is 4.21. The highest BCUT2D eigenvalue weighted by Crippen LogP contribution is 2.18. The number of carbonyl (C=O) groups excluding carboxylic acids is 1. The number of hydrogen-bond donors (Lipinski definition) is 1.